The average molecular weight is 518 g/mol. The second kappa shape index (κ2) is 9.96. The molecule has 1 saturated heterocycles. The number of piperazine rings is 1. The lowest BCUT2D eigenvalue weighted by Gasteiger charge is -2.50. The van der Waals surface area contributed by atoms with E-state index in [-0.39, 0.29) is 42.8 Å². The Hall–Kier alpha value is -1.95. The van der Waals surface area contributed by atoms with Gasteiger partial charge in [-0.15, -0.1) is 0 Å². The maximum atomic E-state index is 14.2. The van der Waals surface area contributed by atoms with E-state index in [0.717, 1.165) is 6.07 Å². The molecule has 4 rings (SSSR count). The van der Waals surface area contributed by atoms with Gasteiger partial charge in [-0.3, -0.25) is 9.69 Å². The Kier molecular flexibility index (Phi) is 7.37. The number of carbonyl (C=O) groups is 1. The lowest BCUT2D eigenvalue weighted by Crippen LogP contribution is -2.63. The van der Waals surface area contributed by atoms with Crippen LogP contribution in [-0.2, 0) is 18.0 Å². The molecule has 1 amide bonds. The van der Waals surface area contributed by atoms with Crippen LogP contribution in [0.1, 0.15) is 36.0 Å². The number of hydrogen-bond acceptors (Lipinski definition) is 4. The van der Waals surface area contributed by atoms with Crippen molar-refractivity contribution in [3.8, 4) is 0 Å². The summed E-state index contributed by atoms with van der Waals surface area (Å²) >= 11 is 6.01. The number of aromatic nitrogens is 2. The molecule has 1 N–H and O–H groups in total. The van der Waals surface area contributed by atoms with Crippen LogP contribution in [0.15, 0.2) is 35.7 Å². The molecule has 2 fully saturated rings. The van der Waals surface area contributed by atoms with Crippen LogP contribution in [0.3, 0.4) is 0 Å². The van der Waals surface area contributed by atoms with Crippen LogP contribution in [0.25, 0.3) is 0 Å². The van der Waals surface area contributed by atoms with Gasteiger partial charge in [0.1, 0.15) is 16.8 Å². The Morgan fingerprint density at radius 2 is 1.85 bits per heavy atom. The van der Waals surface area contributed by atoms with E-state index < -0.39 is 34.2 Å². The first-order chi connectivity index (χ1) is 16.1. The van der Waals surface area contributed by atoms with E-state index in [0.29, 0.717) is 31.2 Å². The van der Waals surface area contributed by atoms with Crippen molar-refractivity contribution in [2.75, 3.05) is 32.7 Å². The third-order valence-corrected chi connectivity index (χ3v) is 8.40. The van der Waals surface area contributed by atoms with Crippen LogP contribution >= 0.6 is 11.6 Å². The Morgan fingerprint density at radius 1 is 1.18 bits per heavy atom. The van der Waals surface area contributed by atoms with Gasteiger partial charge in [0.2, 0.25) is 5.92 Å². The molecule has 0 radical (unpaired) electrons. The highest BCUT2D eigenvalue weighted by Gasteiger charge is 2.47. The van der Waals surface area contributed by atoms with Gasteiger partial charge in [0.05, 0.1) is 16.9 Å². The van der Waals surface area contributed by atoms with Gasteiger partial charge in [0.25, 0.3) is 5.91 Å². The maximum absolute atomic E-state index is 14.2. The minimum atomic E-state index is -2.75. The number of halogens is 4. The summed E-state index contributed by atoms with van der Waals surface area (Å²) in [6, 6.07) is 3.99. The van der Waals surface area contributed by atoms with Crippen LogP contribution in [0.4, 0.5) is 13.2 Å². The number of aryl methyl sites for hydroxylation is 1. The molecular weight excluding hydrogens is 491 g/mol. The van der Waals surface area contributed by atoms with Crippen LogP contribution in [0, 0.1) is 5.82 Å². The Morgan fingerprint density at radius 3 is 2.44 bits per heavy atom. The number of hydrogen-bond donors (Lipinski definition) is 1. The first kappa shape index (κ1) is 25.2. The summed E-state index contributed by atoms with van der Waals surface area (Å²) < 4.78 is 58.6. The summed E-state index contributed by atoms with van der Waals surface area (Å²) in [6.07, 6.45) is 3.10. The van der Waals surface area contributed by atoms with E-state index in [1.807, 2.05) is 4.31 Å². The van der Waals surface area contributed by atoms with E-state index >= 15 is 0 Å². The summed E-state index contributed by atoms with van der Waals surface area (Å²) in [6.45, 7) is 2.03. The number of alkyl halides is 2. The first-order valence-electron chi connectivity index (χ1n) is 11.1. The number of carbonyl (C=O) groups excluding carboxylic acids is 1. The largest absolute Gasteiger partial charge is 0.350 e. The molecular formula is C22H27ClF3N5O2S. The summed E-state index contributed by atoms with van der Waals surface area (Å²) in [5.41, 5.74) is -0.954. The van der Waals surface area contributed by atoms with Crippen molar-refractivity contribution in [3.05, 3.63) is 47.1 Å². The fourth-order valence-electron chi connectivity index (χ4n) is 4.67. The standard InChI is InChI=1S/C22H27ClF3N5O2S/c1-29-13-18(28-15-29)34(33)31-11-9-30(10-12-31)21(5-7-22(25,26)8-6-21)14-27-20(32)19-16(23)3-2-4-17(19)24/h2-4,13,15H,5-12,14H2,1H3,(H,27,32). The van der Waals surface area contributed by atoms with E-state index in [1.54, 1.807) is 24.1 Å². The summed E-state index contributed by atoms with van der Waals surface area (Å²) in [7, 11) is 0.395. The van der Waals surface area contributed by atoms with E-state index in [2.05, 4.69) is 15.2 Å². The molecule has 2 aromatic rings. The van der Waals surface area contributed by atoms with E-state index in [9.17, 15) is 22.2 Å². The smallest absolute Gasteiger partial charge is 0.255 e. The van der Waals surface area contributed by atoms with Crippen molar-refractivity contribution in [2.24, 2.45) is 7.05 Å². The van der Waals surface area contributed by atoms with E-state index in [4.69, 9.17) is 11.6 Å². The molecule has 1 saturated carbocycles. The zero-order chi connectivity index (χ0) is 24.5. The molecule has 2 heterocycles. The topological polar surface area (TPSA) is 70.5 Å². The van der Waals surface area contributed by atoms with Crippen molar-refractivity contribution in [1.82, 2.24) is 24.1 Å². The molecule has 0 bridgehead atoms. The summed E-state index contributed by atoms with van der Waals surface area (Å²) in [5.74, 6) is -4.15. The minimum absolute atomic E-state index is 0.00709. The van der Waals surface area contributed by atoms with Crippen molar-refractivity contribution < 1.29 is 22.2 Å². The van der Waals surface area contributed by atoms with Gasteiger partial charge < -0.3 is 9.88 Å². The third-order valence-electron chi connectivity index (χ3n) is 6.68. The van der Waals surface area contributed by atoms with Crippen molar-refractivity contribution >= 4 is 28.5 Å². The van der Waals surface area contributed by atoms with Crippen LogP contribution in [0.5, 0.6) is 0 Å². The normalized spacial score (nSPS) is 21.8. The highest BCUT2D eigenvalue weighted by atomic mass is 35.5. The fourth-order valence-corrected chi connectivity index (χ4v) is 6.08. The Bertz CT molecular complexity index is 1040. The average Bonchev–Trinajstić information content (AvgIpc) is 3.24. The number of imidazole rings is 1. The highest BCUT2D eigenvalue weighted by Crippen LogP contribution is 2.42. The minimum Gasteiger partial charge on any atom is -0.350 e. The lowest BCUT2D eigenvalue weighted by molar-refractivity contribution is -0.0855. The lowest BCUT2D eigenvalue weighted by atomic mass is 9.78. The van der Waals surface area contributed by atoms with Gasteiger partial charge in [-0.05, 0) is 25.0 Å². The number of amides is 1. The Balaban J connectivity index is 1.46. The predicted molar refractivity (Wildman–Crippen MR) is 123 cm³/mol. The molecule has 1 aliphatic carbocycles. The Labute approximate surface area is 203 Å². The van der Waals surface area contributed by atoms with Gasteiger partial charge in [0, 0.05) is 64.3 Å². The third kappa shape index (κ3) is 5.32. The van der Waals surface area contributed by atoms with Gasteiger partial charge >= 0.3 is 0 Å². The molecule has 12 heteroatoms. The van der Waals surface area contributed by atoms with E-state index in [1.165, 1.54) is 12.1 Å². The fraction of sp³-hybridized carbons (Fsp3) is 0.545. The SMILES string of the molecule is Cn1cnc(S(=O)N2CCN(C3(CNC(=O)c4c(F)cccc4Cl)CCC(F)(F)CC3)CC2)c1. The van der Waals surface area contributed by atoms with Crippen molar-refractivity contribution in [2.45, 2.75) is 42.2 Å². The number of nitrogens with zero attached hydrogens (tertiary/aromatic N) is 4. The molecule has 34 heavy (non-hydrogen) atoms. The first-order valence-corrected chi connectivity index (χ1v) is 12.6. The van der Waals surface area contributed by atoms with Gasteiger partial charge in [0.15, 0.2) is 5.03 Å². The zero-order valence-corrected chi connectivity index (χ0v) is 20.3. The van der Waals surface area contributed by atoms with Gasteiger partial charge in [-0.25, -0.2) is 26.7 Å². The molecule has 7 nitrogen and oxygen atoms in total. The van der Waals surface area contributed by atoms with Crippen molar-refractivity contribution in [1.29, 1.82) is 0 Å². The highest BCUT2D eigenvalue weighted by molar-refractivity contribution is 7.82. The summed E-state index contributed by atoms with van der Waals surface area (Å²) in [4.78, 5) is 19.0. The number of rotatable bonds is 6. The second-order valence-corrected chi connectivity index (χ2v) is 10.7. The number of benzene rings is 1. The van der Waals surface area contributed by atoms with Crippen LogP contribution in [0.2, 0.25) is 5.02 Å². The molecule has 1 aromatic heterocycles. The predicted octanol–water partition coefficient (Wildman–Crippen LogP) is 3.23. The molecule has 1 aromatic carbocycles. The summed E-state index contributed by atoms with van der Waals surface area (Å²) in [5, 5.41) is 3.20. The monoisotopic (exact) mass is 517 g/mol. The second-order valence-electron chi connectivity index (χ2n) is 8.90. The maximum Gasteiger partial charge on any atom is 0.255 e. The molecule has 1 aliphatic heterocycles. The zero-order valence-electron chi connectivity index (χ0n) is 18.8. The molecule has 2 aliphatic rings. The van der Waals surface area contributed by atoms with Crippen LogP contribution in [-0.4, -0.2) is 73.1 Å². The molecule has 1 unspecified atom stereocenters. The van der Waals surface area contributed by atoms with Gasteiger partial charge in [-0.1, -0.05) is 17.7 Å². The van der Waals surface area contributed by atoms with Gasteiger partial charge in [-0.2, -0.15) is 0 Å². The van der Waals surface area contributed by atoms with Crippen molar-refractivity contribution in [3.63, 3.8) is 0 Å². The molecule has 186 valence electrons. The quantitative estimate of drug-likeness (QED) is 0.639. The van der Waals surface area contributed by atoms with Crippen LogP contribution < -0.4 is 5.32 Å². The molecule has 0 spiro atoms. The molecule has 1 atom stereocenters. The number of nitrogens with one attached hydrogen (secondary N) is 1.